The first kappa shape index (κ1) is 11.5. The van der Waals surface area contributed by atoms with Gasteiger partial charge in [0.05, 0.1) is 10.7 Å². The number of carbonyl (C=O) groups is 1. The third-order valence-corrected chi connectivity index (χ3v) is 2.88. The molecule has 0 spiro atoms. The molecule has 1 atom stereocenters. The van der Waals surface area contributed by atoms with E-state index < -0.39 is 11.9 Å². The molecule has 6 heteroatoms. The molecule has 0 saturated carbocycles. The van der Waals surface area contributed by atoms with E-state index in [9.17, 15) is 9.18 Å². The molecule has 1 N–H and O–H groups in total. The van der Waals surface area contributed by atoms with E-state index >= 15 is 0 Å². The van der Waals surface area contributed by atoms with Gasteiger partial charge in [0.15, 0.2) is 0 Å². The van der Waals surface area contributed by atoms with Gasteiger partial charge in [-0.15, -0.1) is 0 Å². The number of hydrogen-bond donors (Lipinski definition) is 1. The lowest BCUT2D eigenvalue weighted by molar-refractivity contribution is -0.124. The maximum Gasteiger partial charge on any atom is 0.254 e. The summed E-state index contributed by atoms with van der Waals surface area (Å²) in [5.41, 5.74) is 0. The van der Waals surface area contributed by atoms with Crippen LogP contribution in [0.3, 0.4) is 0 Å². The fourth-order valence-electron chi connectivity index (χ4n) is 1.49. The number of anilines is 1. The van der Waals surface area contributed by atoms with Gasteiger partial charge < -0.3 is 10.1 Å². The van der Waals surface area contributed by atoms with Crippen molar-refractivity contribution in [3.8, 4) is 0 Å². The van der Waals surface area contributed by atoms with Crippen LogP contribution in [0.1, 0.15) is 12.8 Å². The highest BCUT2D eigenvalue weighted by atomic mass is 79.9. The Kier molecular flexibility index (Phi) is 3.50. The highest BCUT2D eigenvalue weighted by molar-refractivity contribution is 9.10. The summed E-state index contributed by atoms with van der Waals surface area (Å²) in [5, 5.41) is 2.59. The molecule has 1 fully saturated rings. The molecule has 1 aliphatic heterocycles. The van der Waals surface area contributed by atoms with Crippen molar-refractivity contribution >= 4 is 27.7 Å². The molecule has 16 heavy (non-hydrogen) atoms. The van der Waals surface area contributed by atoms with Crippen LogP contribution in [-0.2, 0) is 9.53 Å². The number of nitrogens with one attached hydrogen (secondary N) is 1. The van der Waals surface area contributed by atoms with Crippen LogP contribution in [0.5, 0.6) is 0 Å². The molecule has 0 aromatic carbocycles. The Hall–Kier alpha value is -1.01. The van der Waals surface area contributed by atoms with Crippen LogP contribution >= 0.6 is 15.9 Å². The summed E-state index contributed by atoms with van der Waals surface area (Å²) >= 11 is 3.13. The van der Waals surface area contributed by atoms with Crippen molar-refractivity contribution in [3.05, 3.63) is 22.6 Å². The Morgan fingerprint density at radius 2 is 2.50 bits per heavy atom. The van der Waals surface area contributed by atoms with Gasteiger partial charge in [0.25, 0.3) is 5.91 Å². The zero-order valence-electron chi connectivity index (χ0n) is 8.37. The molecule has 1 amide bonds. The van der Waals surface area contributed by atoms with E-state index in [1.165, 1.54) is 6.07 Å². The summed E-state index contributed by atoms with van der Waals surface area (Å²) in [6.45, 7) is 0.607. The first-order valence-corrected chi connectivity index (χ1v) is 5.69. The van der Waals surface area contributed by atoms with Crippen molar-refractivity contribution in [2.24, 2.45) is 0 Å². The van der Waals surface area contributed by atoms with Crippen molar-refractivity contribution in [1.82, 2.24) is 4.98 Å². The quantitative estimate of drug-likeness (QED) is 0.907. The lowest BCUT2D eigenvalue weighted by atomic mass is 10.2. The molecule has 2 heterocycles. The van der Waals surface area contributed by atoms with E-state index in [0.29, 0.717) is 23.3 Å². The topological polar surface area (TPSA) is 51.2 Å². The van der Waals surface area contributed by atoms with E-state index in [2.05, 4.69) is 26.2 Å². The summed E-state index contributed by atoms with van der Waals surface area (Å²) in [6, 6.07) is 1.25. The largest absolute Gasteiger partial charge is 0.368 e. The average molecular weight is 289 g/mol. The van der Waals surface area contributed by atoms with Gasteiger partial charge in [-0.25, -0.2) is 9.37 Å². The Morgan fingerprint density at radius 1 is 1.69 bits per heavy atom. The van der Waals surface area contributed by atoms with Gasteiger partial charge in [-0.1, -0.05) is 0 Å². The minimum atomic E-state index is -0.456. The van der Waals surface area contributed by atoms with Gasteiger partial charge in [0.2, 0.25) is 0 Å². The van der Waals surface area contributed by atoms with Crippen molar-refractivity contribution in [2.75, 3.05) is 11.9 Å². The molecule has 0 radical (unpaired) electrons. The molecule has 86 valence electrons. The Bertz CT molecular complexity index is 408. The Labute approximate surface area is 100 Å². The third-order valence-electron chi connectivity index (χ3n) is 2.27. The molecular weight excluding hydrogens is 279 g/mol. The van der Waals surface area contributed by atoms with Crippen LogP contribution in [0.4, 0.5) is 10.2 Å². The standard InChI is InChI=1S/C10H10BrFN2O2/c11-7-4-6(12)5-13-9(7)14-10(15)8-2-1-3-16-8/h4-5,8H,1-3H2,(H,13,14,15). The second kappa shape index (κ2) is 4.88. The molecule has 0 aliphatic carbocycles. The molecule has 1 aromatic rings. The second-order valence-corrected chi connectivity index (χ2v) is 4.33. The lowest BCUT2D eigenvalue weighted by Crippen LogP contribution is -2.27. The van der Waals surface area contributed by atoms with Gasteiger partial charge in [0.1, 0.15) is 17.7 Å². The zero-order valence-corrected chi connectivity index (χ0v) is 9.96. The maximum atomic E-state index is 12.8. The number of ether oxygens (including phenoxy) is 1. The predicted octanol–water partition coefficient (Wildman–Crippen LogP) is 2.10. The zero-order chi connectivity index (χ0) is 11.5. The molecule has 1 aliphatic rings. The van der Waals surface area contributed by atoms with Gasteiger partial charge in [-0.3, -0.25) is 4.79 Å². The first-order valence-electron chi connectivity index (χ1n) is 4.90. The number of amides is 1. The molecular formula is C10H10BrFN2O2. The Balaban J connectivity index is 2.05. The van der Waals surface area contributed by atoms with Crippen LogP contribution in [0, 0.1) is 5.82 Å². The van der Waals surface area contributed by atoms with E-state index in [4.69, 9.17) is 4.74 Å². The summed E-state index contributed by atoms with van der Waals surface area (Å²) in [7, 11) is 0. The number of rotatable bonds is 2. The highest BCUT2D eigenvalue weighted by Crippen LogP contribution is 2.21. The molecule has 4 nitrogen and oxygen atoms in total. The second-order valence-electron chi connectivity index (χ2n) is 3.47. The Morgan fingerprint density at radius 3 is 3.12 bits per heavy atom. The SMILES string of the molecule is O=C(Nc1ncc(F)cc1Br)C1CCCO1. The third kappa shape index (κ3) is 2.56. The number of pyridine rings is 1. The van der Waals surface area contributed by atoms with E-state index in [-0.39, 0.29) is 5.91 Å². The normalized spacial score (nSPS) is 19.8. The molecule has 1 aromatic heterocycles. The summed E-state index contributed by atoms with van der Waals surface area (Å²) in [4.78, 5) is 15.4. The van der Waals surface area contributed by atoms with Gasteiger partial charge >= 0.3 is 0 Å². The summed E-state index contributed by atoms with van der Waals surface area (Å²) in [6.07, 6.45) is 2.23. The molecule has 1 saturated heterocycles. The number of carbonyl (C=O) groups excluding carboxylic acids is 1. The van der Waals surface area contributed by atoms with Crippen molar-refractivity contribution in [1.29, 1.82) is 0 Å². The van der Waals surface area contributed by atoms with Crippen molar-refractivity contribution in [2.45, 2.75) is 18.9 Å². The summed E-state index contributed by atoms with van der Waals surface area (Å²) < 4.78 is 18.4. The van der Waals surface area contributed by atoms with E-state index in [0.717, 1.165) is 12.6 Å². The van der Waals surface area contributed by atoms with Crippen molar-refractivity contribution in [3.63, 3.8) is 0 Å². The highest BCUT2D eigenvalue weighted by Gasteiger charge is 2.24. The number of hydrogen-bond acceptors (Lipinski definition) is 3. The van der Waals surface area contributed by atoms with Gasteiger partial charge in [-0.05, 0) is 34.8 Å². The van der Waals surface area contributed by atoms with Crippen LogP contribution in [0.25, 0.3) is 0 Å². The maximum absolute atomic E-state index is 12.8. The van der Waals surface area contributed by atoms with Crippen LogP contribution in [0.2, 0.25) is 0 Å². The molecule has 1 unspecified atom stereocenters. The van der Waals surface area contributed by atoms with E-state index in [1.807, 2.05) is 0 Å². The number of aromatic nitrogens is 1. The van der Waals surface area contributed by atoms with Crippen LogP contribution < -0.4 is 5.32 Å². The summed E-state index contributed by atoms with van der Waals surface area (Å²) in [5.74, 6) is -0.388. The van der Waals surface area contributed by atoms with Gasteiger partial charge in [-0.2, -0.15) is 0 Å². The lowest BCUT2D eigenvalue weighted by Gasteiger charge is -2.10. The fourth-order valence-corrected chi connectivity index (χ4v) is 1.91. The van der Waals surface area contributed by atoms with Crippen molar-refractivity contribution < 1.29 is 13.9 Å². The van der Waals surface area contributed by atoms with Crippen LogP contribution in [0.15, 0.2) is 16.7 Å². The smallest absolute Gasteiger partial charge is 0.254 e. The first-order chi connectivity index (χ1) is 7.66. The average Bonchev–Trinajstić information content (AvgIpc) is 2.75. The molecule has 2 rings (SSSR count). The fraction of sp³-hybridized carbons (Fsp3) is 0.400. The monoisotopic (exact) mass is 288 g/mol. The minimum Gasteiger partial charge on any atom is -0.368 e. The number of halogens is 2. The van der Waals surface area contributed by atoms with E-state index in [1.54, 1.807) is 0 Å². The van der Waals surface area contributed by atoms with Gasteiger partial charge in [0, 0.05) is 6.61 Å². The van der Waals surface area contributed by atoms with Crippen LogP contribution in [-0.4, -0.2) is 23.6 Å². The predicted molar refractivity (Wildman–Crippen MR) is 59.5 cm³/mol. The number of nitrogens with zero attached hydrogens (tertiary/aromatic N) is 1. The minimum absolute atomic E-state index is 0.239. The molecule has 0 bridgehead atoms.